The molecule has 0 radical (unpaired) electrons. The molecule has 0 bridgehead atoms. The smallest absolute Gasteiger partial charge is 0.230 e. The molecule has 2 aromatic rings. The van der Waals surface area contributed by atoms with Crippen LogP contribution >= 0.6 is 11.6 Å². The molecule has 5 rings (SSSR count). The summed E-state index contributed by atoms with van der Waals surface area (Å²) in [5.74, 6) is -0.0815. The SMILES string of the molecule is O=C([C@H]1CCCC[C@H]1C(=O)N1CCc2ccccc21)N1CCN(c2cccc(Cl)c2)CC1. The summed E-state index contributed by atoms with van der Waals surface area (Å²) in [5.41, 5.74) is 3.36. The Kier molecular flexibility index (Phi) is 6.09. The highest BCUT2D eigenvalue weighted by Gasteiger charge is 2.41. The zero-order valence-corrected chi connectivity index (χ0v) is 19.1. The summed E-state index contributed by atoms with van der Waals surface area (Å²) in [6.45, 7) is 3.69. The molecule has 2 heterocycles. The number of fused-ring (bicyclic) bond motifs is 1. The number of para-hydroxylation sites is 1. The van der Waals surface area contributed by atoms with Gasteiger partial charge in [-0.25, -0.2) is 0 Å². The van der Waals surface area contributed by atoms with Crippen LogP contribution in [0.15, 0.2) is 48.5 Å². The molecule has 5 nitrogen and oxygen atoms in total. The second-order valence-corrected chi connectivity index (χ2v) is 9.59. The lowest BCUT2D eigenvalue weighted by Crippen LogP contribution is -2.53. The highest BCUT2D eigenvalue weighted by molar-refractivity contribution is 6.30. The van der Waals surface area contributed by atoms with E-state index in [2.05, 4.69) is 17.0 Å². The molecule has 1 saturated heterocycles. The summed E-state index contributed by atoms with van der Waals surface area (Å²) in [7, 11) is 0. The molecule has 2 aliphatic heterocycles. The Labute approximate surface area is 194 Å². The Morgan fingerprint density at radius 2 is 1.53 bits per heavy atom. The number of halogens is 1. The van der Waals surface area contributed by atoms with E-state index in [-0.39, 0.29) is 23.7 Å². The number of anilines is 2. The molecule has 0 unspecified atom stereocenters. The molecule has 0 aromatic heterocycles. The summed E-state index contributed by atoms with van der Waals surface area (Å²) in [6.07, 6.45) is 4.59. The lowest BCUT2D eigenvalue weighted by atomic mass is 9.77. The number of carbonyl (C=O) groups excluding carboxylic acids is 2. The van der Waals surface area contributed by atoms with Gasteiger partial charge >= 0.3 is 0 Å². The highest BCUT2D eigenvalue weighted by atomic mass is 35.5. The molecule has 168 valence electrons. The monoisotopic (exact) mass is 451 g/mol. The number of hydrogen-bond donors (Lipinski definition) is 0. The van der Waals surface area contributed by atoms with Crippen LogP contribution < -0.4 is 9.80 Å². The first-order valence-corrected chi connectivity index (χ1v) is 12.2. The van der Waals surface area contributed by atoms with E-state index in [0.29, 0.717) is 13.1 Å². The number of amides is 2. The molecule has 32 heavy (non-hydrogen) atoms. The molecular weight excluding hydrogens is 422 g/mol. The normalized spacial score (nSPS) is 23.2. The summed E-state index contributed by atoms with van der Waals surface area (Å²) in [6, 6.07) is 16.0. The Hall–Kier alpha value is -2.53. The molecular formula is C26H30ClN3O2. The third-order valence-corrected chi connectivity index (χ3v) is 7.55. The molecule has 2 amide bonds. The number of hydrogen-bond acceptors (Lipinski definition) is 3. The van der Waals surface area contributed by atoms with Crippen LogP contribution in [0.4, 0.5) is 11.4 Å². The average Bonchev–Trinajstić information content (AvgIpc) is 3.27. The standard InChI is InChI=1S/C26H30ClN3O2/c27-20-7-5-8-21(18-20)28-14-16-29(17-15-28)25(31)22-9-2-3-10-23(22)26(32)30-13-12-19-6-1-4-11-24(19)30/h1,4-8,11,18,22-23H,2-3,9-10,12-17H2/t22-,23+/m0/s1. The van der Waals surface area contributed by atoms with E-state index < -0.39 is 0 Å². The van der Waals surface area contributed by atoms with Crippen molar-refractivity contribution in [3.8, 4) is 0 Å². The van der Waals surface area contributed by atoms with Gasteiger partial charge in [-0.15, -0.1) is 0 Å². The van der Waals surface area contributed by atoms with Crippen molar-refractivity contribution in [3.63, 3.8) is 0 Å². The van der Waals surface area contributed by atoms with Crippen LogP contribution in [-0.4, -0.2) is 49.4 Å². The molecule has 1 aliphatic carbocycles. The third kappa shape index (κ3) is 4.11. The lowest BCUT2D eigenvalue weighted by Gasteiger charge is -2.40. The quantitative estimate of drug-likeness (QED) is 0.695. The number of piperazine rings is 1. The third-order valence-electron chi connectivity index (χ3n) is 7.32. The summed E-state index contributed by atoms with van der Waals surface area (Å²) in [4.78, 5) is 33.3. The van der Waals surface area contributed by atoms with Crippen LogP contribution in [-0.2, 0) is 16.0 Å². The Morgan fingerprint density at radius 3 is 2.28 bits per heavy atom. The summed E-state index contributed by atoms with van der Waals surface area (Å²) >= 11 is 6.15. The van der Waals surface area contributed by atoms with Crippen molar-refractivity contribution < 1.29 is 9.59 Å². The maximum atomic E-state index is 13.6. The van der Waals surface area contributed by atoms with Crippen LogP contribution in [0.2, 0.25) is 5.02 Å². The topological polar surface area (TPSA) is 43.9 Å². The maximum absolute atomic E-state index is 13.6. The van der Waals surface area contributed by atoms with Gasteiger partial charge in [0.25, 0.3) is 0 Å². The molecule has 2 aromatic carbocycles. The van der Waals surface area contributed by atoms with Crippen LogP contribution in [0.5, 0.6) is 0 Å². The van der Waals surface area contributed by atoms with Gasteiger partial charge < -0.3 is 14.7 Å². The first kappa shape index (κ1) is 21.3. The van der Waals surface area contributed by atoms with Crippen molar-refractivity contribution >= 4 is 34.8 Å². The minimum atomic E-state index is -0.201. The zero-order chi connectivity index (χ0) is 22.1. The Morgan fingerprint density at radius 1 is 0.812 bits per heavy atom. The number of benzene rings is 2. The first-order valence-electron chi connectivity index (χ1n) is 11.8. The fourth-order valence-electron chi connectivity index (χ4n) is 5.58. The number of carbonyl (C=O) groups is 2. The van der Waals surface area contributed by atoms with Gasteiger partial charge in [-0.3, -0.25) is 9.59 Å². The minimum absolute atomic E-state index is 0.144. The zero-order valence-electron chi connectivity index (χ0n) is 18.4. The highest BCUT2D eigenvalue weighted by Crippen LogP contribution is 2.37. The molecule has 3 aliphatic rings. The van der Waals surface area contributed by atoms with E-state index in [9.17, 15) is 9.59 Å². The van der Waals surface area contributed by atoms with E-state index in [0.717, 1.165) is 68.1 Å². The molecule has 2 fully saturated rings. The second-order valence-electron chi connectivity index (χ2n) is 9.16. The molecule has 6 heteroatoms. The maximum Gasteiger partial charge on any atom is 0.230 e. The van der Waals surface area contributed by atoms with Crippen LogP contribution in [0, 0.1) is 11.8 Å². The van der Waals surface area contributed by atoms with Crippen LogP contribution in [0.25, 0.3) is 0 Å². The van der Waals surface area contributed by atoms with E-state index in [4.69, 9.17) is 11.6 Å². The van der Waals surface area contributed by atoms with Gasteiger partial charge in [-0.1, -0.05) is 48.7 Å². The molecule has 0 spiro atoms. The average molecular weight is 452 g/mol. The first-order chi connectivity index (χ1) is 15.6. The minimum Gasteiger partial charge on any atom is -0.368 e. The van der Waals surface area contributed by atoms with Crippen molar-refractivity contribution in [2.45, 2.75) is 32.1 Å². The summed E-state index contributed by atoms with van der Waals surface area (Å²) in [5, 5.41) is 0.730. The molecule has 0 N–H and O–H groups in total. The van der Waals surface area contributed by atoms with Gasteiger partial charge in [-0.05, 0) is 49.1 Å². The second kappa shape index (κ2) is 9.14. The van der Waals surface area contributed by atoms with Crippen molar-refractivity contribution in [1.82, 2.24) is 4.90 Å². The lowest BCUT2D eigenvalue weighted by molar-refractivity contribution is -0.143. The summed E-state index contributed by atoms with van der Waals surface area (Å²) < 4.78 is 0. The van der Waals surface area contributed by atoms with Gasteiger partial charge in [0.2, 0.25) is 11.8 Å². The van der Waals surface area contributed by atoms with Gasteiger partial charge in [0.05, 0.1) is 5.92 Å². The van der Waals surface area contributed by atoms with Crippen molar-refractivity contribution in [2.75, 3.05) is 42.5 Å². The van der Waals surface area contributed by atoms with Gasteiger partial charge in [-0.2, -0.15) is 0 Å². The van der Waals surface area contributed by atoms with Gasteiger partial charge in [0.15, 0.2) is 0 Å². The van der Waals surface area contributed by atoms with Crippen LogP contribution in [0.1, 0.15) is 31.2 Å². The number of nitrogens with zero attached hydrogens (tertiary/aromatic N) is 3. The van der Waals surface area contributed by atoms with E-state index in [1.165, 1.54) is 5.56 Å². The van der Waals surface area contributed by atoms with Crippen molar-refractivity contribution in [3.05, 3.63) is 59.1 Å². The van der Waals surface area contributed by atoms with Gasteiger partial charge in [0, 0.05) is 55.0 Å². The Balaban J connectivity index is 1.26. The van der Waals surface area contributed by atoms with E-state index in [1.807, 2.05) is 46.2 Å². The van der Waals surface area contributed by atoms with Crippen molar-refractivity contribution in [1.29, 1.82) is 0 Å². The van der Waals surface area contributed by atoms with Crippen molar-refractivity contribution in [2.24, 2.45) is 11.8 Å². The van der Waals surface area contributed by atoms with E-state index in [1.54, 1.807) is 0 Å². The predicted molar refractivity (Wildman–Crippen MR) is 128 cm³/mol. The van der Waals surface area contributed by atoms with E-state index >= 15 is 0 Å². The number of rotatable bonds is 3. The molecule has 2 atom stereocenters. The fraction of sp³-hybridized carbons (Fsp3) is 0.462. The van der Waals surface area contributed by atoms with Gasteiger partial charge in [0.1, 0.15) is 0 Å². The predicted octanol–water partition coefficient (Wildman–Crippen LogP) is 4.38. The largest absolute Gasteiger partial charge is 0.368 e. The Bertz CT molecular complexity index is 1000. The fourth-order valence-corrected chi connectivity index (χ4v) is 5.77. The molecule has 1 saturated carbocycles. The van der Waals surface area contributed by atoms with Crippen LogP contribution in [0.3, 0.4) is 0 Å².